The maximum absolute atomic E-state index is 14.3. The first-order valence-electron chi connectivity index (χ1n) is 24.6. The van der Waals surface area contributed by atoms with Gasteiger partial charge in [0.25, 0.3) is 11.8 Å². The zero-order chi connectivity index (χ0) is 56.4. The van der Waals surface area contributed by atoms with Crippen LogP contribution >= 0.6 is 0 Å². The smallest absolute Gasteiger partial charge is 0.268 e. The van der Waals surface area contributed by atoms with Gasteiger partial charge in [-0.15, -0.1) is 0 Å². The van der Waals surface area contributed by atoms with Gasteiger partial charge in [0.1, 0.15) is 54.0 Å². The van der Waals surface area contributed by atoms with Crippen molar-refractivity contribution < 1.29 is 58.2 Å². The van der Waals surface area contributed by atoms with Gasteiger partial charge in [-0.25, -0.2) is 0 Å². The molecule has 0 spiro atoms. The Morgan fingerprint density at radius 1 is 0.640 bits per heavy atom. The molecule has 1 aromatic rings. The molecular weight excluding hydrogens is 981 g/mol. The predicted molar refractivity (Wildman–Crippen MR) is 274 cm³/mol. The molecule has 0 aromatic heterocycles. The summed E-state index contributed by atoms with van der Waals surface area (Å²) in [5.41, 5.74) is 34.0. The molecule has 10 amide bonds. The van der Waals surface area contributed by atoms with E-state index in [4.69, 9.17) is 34.4 Å². The molecular formula is C47H78N16O12. The number of rotatable bonds is 20. The van der Waals surface area contributed by atoms with Crippen molar-refractivity contribution in [1.82, 2.24) is 53.2 Å². The molecule has 1 heterocycles. The van der Waals surface area contributed by atoms with Crippen molar-refractivity contribution in [2.24, 2.45) is 40.3 Å². The number of carbonyl (C=O) groups excluding carboxylic acids is 10. The van der Waals surface area contributed by atoms with E-state index in [1.165, 1.54) is 13.8 Å². The quantitative estimate of drug-likeness (QED) is 0.0539. The molecule has 1 fully saturated rings. The van der Waals surface area contributed by atoms with Crippen LogP contribution in [0.15, 0.2) is 53.9 Å². The zero-order valence-electron chi connectivity index (χ0n) is 42.8. The van der Waals surface area contributed by atoms with Gasteiger partial charge < -0.3 is 97.8 Å². The molecule has 1 aliphatic rings. The van der Waals surface area contributed by atoms with Crippen LogP contribution in [-0.2, 0) is 54.4 Å². The summed E-state index contributed by atoms with van der Waals surface area (Å²) in [6.45, 7) is 4.51. The van der Waals surface area contributed by atoms with Crippen LogP contribution < -0.4 is 87.6 Å². The molecule has 0 unspecified atom stereocenters. The molecule has 28 nitrogen and oxygen atoms in total. The fourth-order valence-electron chi connectivity index (χ4n) is 7.42. The van der Waals surface area contributed by atoms with Crippen LogP contribution in [-0.4, -0.2) is 169 Å². The Kier molecular flexibility index (Phi) is 28.1. The summed E-state index contributed by atoms with van der Waals surface area (Å²) in [5, 5.41) is 45.9. The largest absolute Gasteiger partial charge is 0.395 e. The van der Waals surface area contributed by atoms with E-state index in [-0.39, 0.29) is 76.4 Å². The number of hydrogen-bond acceptors (Lipinski definition) is 18. The second kappa shape index (κ2) is 33.0. The number of benzene rings is 1. The van der Waals surface area contributed by atoms with Crippen molar-refractivity contribution in [3.63, 3.8) is 0 Å². The Balaban J connectivity index is 2.76. The highest BCUT2D eigenvalue weighted by molar-refractivity contribution is 6.03. The molecule has 2 rings (SSSR count). The van der Waals surface area contributed by atoms with Gasteiger partial charge in [-0.3, -0.25) is 47.9 Å². The van der Waals surface area contributed by atoms with E-state index in [1.54, 1.807) is 44.2 Å². The molecule has 28 heteroatoms. The lowest BCUT2D eigenvalue weighted by molar-refractivity contribution is -0.136. The van der Waals surface area contributed by atoms with Gasteiger partial charge in [-0.1, -0.05) is 44.2 Å². The van der Waals surface area contributed by atoms with Gasteiger partial charge in [-0.05, 0) is 89.2 Å². The monoisotopic (exact) mass is 1060 g/mol. The fraction of sp³-hybridized carbons (Fsp3) is 0.574. The summed E-state index contributed by atoms with van der Waals surface area (Å²) >= 11 is 0. The van der Waals surface area contributed by atoms with E-state index in [0.29, 0.717) is 5.56 Å². The third-order valence-electron chi connectivity index (χ3n) is 11.4. The highest BCUT2D eigenvalue weighted by atomic mass is 16.3. The summed E-state index contributed by atoms with van der Waals surface area (Å²) < 4.78 is 0. The van der Waals surface area contributed by atoms with Crippen LogP contribution in [0.4, 0.5) is 0 Å². The van der Waals surface area contributed by atoms with E-state index in [9.17, 15) is 58.2 Å². The molecule has 1 saturated heterocycles. The van der Waals surface area contributed by atoms with Crippen LogP contribution in [0.3, 0.4) is 0 Å². The average molecular weight is 1060 g/mol. The number of carbonyl (C=O) groups is 10. The minimum absolute atomic E-state index is 0.0477. The number of aliphatic hydroxyl groups is 2. The first-order chi connectivity index (χ1) is 35.5. The summed E-state index contributed by atoms with van der Waals surface area (Å²) in [6, 6.07) is -3.50. The zero-order valence-corrected chi connectivity index (χ0v) is 42.8. The lowest BCUT2D eigenvalue weighted by Crippen LogP contribution is -2.61. The molecule has 1 aliphatic heterocycles. The molecule has 0 radical (unpaired) electrons. The van der Waals surface area contributed by atoms with Gasteiger partial charge >= 0.3 is 0 Å². The average Bonchev–Trinajstić information content (AvgIpc) is 3.35. The normalized spacial score (nSPS) is 23.6. The van der Waals surface area contributed by atoms with E-state index in [2.05, 4.69) is 53.2 Å². The Hall–Kier alpha value is -7.08. The van der Waals surface area contributed by atoms with E-state index in [0.717, 1.165) is 12.2 Å². The van der Waals surface area contributed by atoms with Gasteiger partial charge in [0.15, 0.2) is 0 Å². The summed E-state index contributed by atoms with van der Waals surface area (Å²) in [5.74, 6) is -9.88. The van der Waals surface area contributed by atoms with Crippen molar-refractivity contribution in [3.8, 4) is 0 Å². The molecule has 10 atom stereocenters. The van der Waals surface area contributed by atoms with Crippen LogP contribution in [0.25, 0.3) is 0 Å². The van der Waals surface area contributed by atoms with Gasteiger partial charge in [0.2, 0.25) is 47.3 Å². The van der Waals surface area contributed by atoms with E-state index >= 15 is 0 Å². The highest BCUT2D eigenvalue weighted by Crippen LogP contribution is 2.11. The van der Waals surface area contributed by atoms with Crippen molar-refractivity contribution in [2.75, 3.05) is 39.3 Å². The number of amides is 10. The minimum Gasteiger partial charge on any atom is -0.395 e. The molecule has 0 saturated carbocycles. The molecule has 418 valence electrons. The topological polar surface area (TPSA) is 488 Å². The Labute approximate surface area is 435 Å². The lowest BCUT2D eigenvalue weighted by atomic mass is 10.00. The molecule has 1 aromatic carbocycles. The van der Waals surface area contributed by atoms with Crippen LogP contribution in [0.2, 0.25) is 0 Å². The number of hydrogen-bond donors (Lipinski definition) is 18. The number of nitrogens with one attached hydrogen (secondary N) is 10. The molecule has 0 bridgehead atoms. The lowest BCUT2D eigenvalue weighted by Gasteiger charge is -2.28. The second-order valence-corrected chi connectivity index (χ2v) is 18.1. The summed E-state index contributed by atoms with van der Waals surface area (Å²) in [4.78, 5) is 138. The number of nitrogens with two attached hydrogens (primary N) is 6. The van der Waals surface area contributed by atoms with Crippen molar-refractivity contribution in [2.45, 2.75) is 127 Å². The SMILES string of the molecule is CC(C)C[C@@H]1NC(=O)[C@@H](Cc2ccccc2)NC(=O)[C@H](CCN)NC(=O)[C@@H](NC(=O)/C(=C\CN)NC(=O)[C@@H](NC(=O)/C(N)=C\CN)[C@@H](C)O)CCNC(=O)[C@H]([C@@H](C)O)NC(=O)[C@H](CCN)NC(=O)[C@H](CCN)NC1=O. The molecule has 75 heavy (non-hydrogen) atoms. The number of aliphatic hydroxyl groups excluding tert-OH is 2. The van der Waals surface area contributed by atoms with Crippen molar-refractivity contribution in [3.05, 3.63) is 59.4 Å². The fourth-order valence-corrected chi connectivity index (χ4v) is 7.42. The standard InChI is InChI=1S/C47H78N16O12/c1-24(2)22-34-44(72)57-29(11-17-49)39(67)56-32(14-20-52)43(71)63-36(25(3)64)46(74)54-21-15-33(58-40(68)31(13-19-51)59-47(75)37(26(4)65)62-38(66)28(53)10-16-48)42(70)55-30(12-18-50)41(69)61-35(45(73)60-34)23-27-8-6-5-7-9-27/h5-10,13,24-26,29-30,32-37,64-65H,11-12,14-23,48-53H2,1-4H3,(H,54,74)(H,55,70)(H,56,67)(H,57,72)(H,58,68)(H,59,75)(H,60,73)(H,61,69)(H,62,66)(H,63,71)/b28-10+,31-13+/t25-,26-,29+,30+,32+,33+,34+,35-,36+,37+/m1/s1. The summed E-state index contributed by atoms with van der Waals surface area (Å²) in [6.07, 6.45) is -1.99. The maximum atomic E-state index is 14.3. The molecule has 0 aliphatic carbocycles. The Morgan fingerprint density at radius 3 is 1.61 bits per heavy atom. The Bertz CT molecular complexity index is 2180. The highest BCUT2D eigenvalue weighted by Gasteiger charge is 2.36. The van der Waals surface area contributed by atoms with Crippen LogP contribution in [0.1, 0.15) is 65.4 Å². The van der Waals surface area contributed by atoms with E-state index < -0.39 is 138 Å². The third-order valence-corrected chi connectivity index (χ3v) is 11.4. The van der Waals surface area contributed by atoms with E-state index in [1.807, 2.05) is 0 Å². The first kappa shape index (κ1) is 64.0. The minimum atomic E-state index is -1.70. The van der Waals surface area contributed by atoms with Gasteiger partial charge in [-0.2, -0.15) is 0 Å². The van der Waals surface area contributed by atoms with Gasteiger partial charge in [0.05, 0.1) is 17.9 Å². The van der Waals surface area contributed by atoms with Gasteiger partial charge in [0, 0.05) is 26.1 Å². The maximum Gasteiger partial charge on any atom is 0.268 e. The molecule has 24 N–H and O–H groups in total. The summed E-state index contributed by atoms with van der Waals surface area (Å²) in [7, 11) is 0. The van der Waals surface area contributed by atoms with Crippen LogP contribution in [0, 0.1) is 5.92 Å². The Morgan fingerprint density at radius 2 is 1.12 bits per heavy atom. The van der Waals surface area contributed by atoms with Crippen LogP contribution in [0.5, 0.6) is 0 Å². The third kappa shape index (κ3) is 21.7. The van der Waals surface area contributed by atoms with Crippen molar-refractivity contribution >= 4 is 59.1 Å². The first-order valence-corrected chi connectivity index (χ1v) is 24.6. The predicted octanol–water partition coefficient (Wildman–Crippen LogP) is -7.76. The van der Waals surface area contributed by atoms with Crippen molar-refractivity contribution in [1.29, 1.82) is 0 Å². The second-order valence-electron chi connectivity index (χ2n) is 18.1.